The molecule has 0 radical (unpaired) electrons. The summed E-state index contributed by atoms with van der Waals surface area (Å²) < 4.78 is 34.1. The largest absolute Gasteiger partial charge is 0.494 e. The maximum Gasteiger partial charge on any atom is 0.260 e. The Bertz CT molecular complexity index is 1500. The Labute approximate surface area is 234 Å². The second kappa shape index (κ2) is 12.7. The Morgan fingerprint density at radius 1 is 0.923 bits per heavy atom. The van der Waals surface area contributed by atoms with Crippen molar-refractivity contribution in [3.63, 3.8) is 0 Å². The maximum atomic E-state index is 13.8. The van der Waals surface area contributed by atoms with Gasteiger partial charge in [0, 0.05) is 32.2 Å². The van der Waals surface area contributed by atoms with Crippen molar-refractivity contribution < 1.29 is 17.9 Å². The fourth-order valence-electron chi connectivity index (χ4n) is 4.29. The zero-order chi connectivity index (χ0) is 28.0. The molecule has 0 unspecified atom stereocenters. The van der Waals surface area contributed by atoms with Gasteiger partial charge in [0.15, 0.2) is 5.13 Å². The molecule has 0 atom stereocenters. The molecule has 0 aliphatic heterocycles. The number of hydrogen-bond donors (Lipinski definition) is 0. The van der Waals surface area contributed by atoms with Gasteiger partial charge in [0.2, 0.25) is 10.0 Å². The van der Waals surface area contributed by atoms with Gasteiger partial charge in [-0.05, 0) is 55.1 Å². The normalized spacial score (nSPS) is 11.8. The molecule has 0 spiro atoms. The van der Waals surface area contributed by atoms with E-state index in [1.807, 2.05) is 48.5 Å². The van der Waals surface area contributed by atoms with Crippen molar-refractivity contribution in [3.05, 3.63) is 83.9 Å². The zero-order valence-corrected chi connectivity index (χ0v) is 24.3. The van der Waals surface area contributed by atoms with Gasteiger partial charge in [-0.25, -0.2) is 13.4 Å². The summed E-state index contributed by atoms with van der Waals surface area (Å²) in [5, 5.41) is 0.575. The number of fused-ring (bicyclic) bond motifs is 1. The molecule has 4 rings (SSSR count). The number of rotatable bonds is 12. The highest BCUT2D eigenvalue weighted by Gasteiger charge is 2.25. The van der Waals surface area contributed by atoms with Crippen molar-refractivity contribution in [1.82, 2.24) is 14.2 Å². The van der Waals surface area contributed by atoms with Crippen molar-refractivity contribution >= 4 is 42.6 Å². The number of likely N-dealkylation sites (N-methyl/N-ethyl adjacent to an activating group) is 1. The van der Waals surface area contributed by atoms with Gasteiger partial charge in [0.25, 0.3) is 5.91 Å². The van der Waals surface area contributed by atoms with Crippen LogP contribution in [0.1, 0.15) is 29.8 Å². The van der Waals surface area contributed by atoms with Gasteiger partial charge in [-0.2, -0.15) is 4.31 Å². The molecule has 3 aromatic carbocycles. The third-order valence-electron chi connectivity index (χ3n) is 6.66. The number of methoxy groups -OCH3 is 1. The average molecular weight is 567 g/mol. The Kier molecular flexibility index (Phi) is 9.34. The number of carbonyl (C=O) groups is 1. The molecule has 10 heteroatoms. The minimum Gasteiger partial charge on any atom is -0.494 e. The van der Waals surface area contributed by atoms with Gasteiger partial charge in [0.05, 0.1) is 16.7 Å². The summed E-state index contributed by atoms with van der Waals surface area (Å²) in [7, 11) is -0.573. The van der Waals surface area contributed by atoms with Crippen molar-refractivity contribution in [2.45, 2.75) is 25.3 Å². The van der Waals surface area contributed by atoms with E-state index in [-0.39, 0.29) is 17.3 Å². The van der Waals surface area contributed by atoms with E-state index in [1.165, 1.54) is 27.8 Å². The molecule has 0 aliphatic rings. The molecule has 1 heterocycles. The minimum absolute atomic E-state index is 0.136. The van der Waals surface area contributed by atoms with E-state index in [0.29, 0.717) is 35.1 Å². The summed E-state index contributed by atoms with van der Waals surface area (Å²) in [6.07, 6.45) is 0. The number of amides is 1. The van der Waals surface area contributed by atoms with Crippen LogP contribution in [0.25, 0.3) is 10.2 Å². The summed E-state index contributed by atoms with van der Waals surface area (Å²) in [5.74, 6) is 0.419. The zero-order valence-electron chi connectivity index (χ0n) is 22.7. The van der Waals surface area contributed by atoms with E-state index in [1.54, 1.807) is 31.2 Å². The summed E-state index contributed by atoms with van der Waals surface area (Å²) >= 11 is 1.43. The number of para-hydroxylation sites is 1. The number of sulfonamides is 1. The number of aromatic nitrogens is 1. The molecule has 8 nitrogen and oxygen atoms in total. The quantitative estimate of drug-likeness (QED) is 0.237. The lowest BCUT2D eigenvalue weighted by Gasteiger charge is -2.25. The highest BCUT2D eigenvalue weighted by molar-refractivity contribution is 7.89. The molecule has 0 N–H and O–H groups in total. The predicted molar refractivity (Wildman–Crippen MR) is 157 cm³/mol. The molecular formula is C29H34N4O4S2. The maximum absolute atomic E-state index is 13.8. The van der Waals surface area contributed by atoms with Crippen LogP contribution in [0.5, 0.6) is 5.75 Å². The van der Waals surface area contributed by atoms with E-state index in [9.17, 15) is 13.2 Å². The van der Waals surface area contributed by atoms with Crippen molar-refractivity contribution in [3.8, 4) is 5.75 Å². The number of nitrogens with zero attached hydrogens (tertiary/aromatic N) is 4. The summed E-state index contributed by atoms with van der Waals surface area (Å²) in [6, 6.07) is 21.3. The second-order valence-corrected chi connectivity index (χ2v) is 12.1. The summed E-state index contributed by atoms with van der Waals surface area (Å²) in [5.41, 5.74) is 2.00. The highest BCUT2D eigenvalue weighted by atomic mass is 32.2. The molecule has 0 bridgehead atoms. The van der Waals surface area contributed by atoms with Crippen LogP contribution in [0.2, 0.25) is 0 Å². The predicted octanol–water partition coefficient (Wildman–Crippen LogP) is 5.11. The number of carbonyl (C=O) groups excluding carboxylic acids is 1. The smallest absolute Gasteiger partial charge is 0.260 e. The number of benzene rings is 3. The molecule has 0 saturated carbocycles. The highest BCUT2D eigenvalue weighted by Crippen LogP contribution is 2.34. The topological polar surface area (TPSA) is 83.1 Å². The van der Waals surface area contributed by atoms with Crippen LogP contribution in [0.4, 0.5) is 5.13 Å². The third-order valence-corrected chi connectivity index (χ3v) is 9.52. The Morgan fingerprint density at radius 3 is 2.26 bits per heavy atom. The van der Waals surface area contributed by atoms with Crippen LogP contribution >= 0.6 is 11.3 Å². The van der Waals surface area contributed by atoms with Gasteiger partial charge in [-0.3, -0.25) is 9.69 Å². The first kappa shape index (κ1) is 28.7. The van der Waals surface area contributed by atoms with Crippen molar-refractivity contribution in [2.24, 2.45) is 0 Å². The first-order chi connectivity index (χ1) is 18.8. The minimum atomic E-state index is -3.73. The first-order valence-electron chi connectivity index (χ1n) is 12.9. The number of thiazole rings is 1. The lowest BCUT2D eigenvalue weighted by molar-refractivity contribution is 0.0983. The molecule has 0 saturated heterocycles. The van der Waals surface area contributed by atoms with Crippen LogP contribution in [0.3, 0.4) is 0 Å². The van der Waals surface area contributed by atoms with Gasteiger partial charge in [0.1, 0.15) is 11.3 Å². The van der Waals surface area contributed by atoms with E-state index in [0.717, 1.165) is 23.4 Å². The van der Waals surface area contributed by atoms with E-state index < -0.39 is 10.0 Å². The third kappa shape index (κ3) is 6.47. The van der Waals surface area contributed by atoms with Crippen LogP contribution in [-0.2, 0) is 16.6 Å². The Morgan fingerprint density at radius 2 is 1.62 bits per heavy atom. The fraction of sp³-hybridized carbons (Fsp3) is 0.310. The van der Waals surface area contributed by atoms with Crippen LogP contribution in [0, 0.1) is 0 Å². The molecule has 0 fully saturated rings. The van der Waals surface area contributed by atoms with Crippen molar-refractivity contribution in [1.29, 1.82) is 0 Å². The van der Waals surface area contributed by atoms with E-state index in [4.69, 9.17) is 9.72 Å². The number of ether oxygens (including phenoxy) is 1. The molecule has 4 aromatic rings. The van der Waals surface area contributed by atoms with Crippen LogP contribution < -0.4 is 9.64 Å². The number of hydrogen-bond acceptors (Lipinski definition) is 7. The molecular weight excluding hydrogens is 532 g/mol. The molecule has 1 amide bonds. The molecule has 206 valence electrons. The molecule has 1 aromatic heterocycles. The Balaban J connectivity index is 1.61. The van der Waals surface area contributed by atoms with Gasteiger partial charge >= 0.3 is 0 Å². The SMILES string of the molecule is CCN(CC)CCN(C(=O)c1ccc(S(=O)(=O)N(C)Cc2ccccc2)cc1)c1nc2c(OC)cccc2s1. The van der Waals surface area contributed by atoms with Gasteiger partial charge in [-0.15, -0.1) is 0 Å². The first-order valence-corrected chi connectivity index (χ1v) is 15.1. The number of anilines is 1. The van der Waals surface area contributed by atoms with E-state index in [2.05, 4.69) is 18.7 Å². The lowest BCUT2D eigenvalue weighted by Crippen LogP contribution is -2.38. The fourth-order valence-corrected chi connectivity index (χ4v) is 6.45. The lowest BCUT2D eigenvalue weighted by atomic mass is 10.2. The van der Waals surface area contributed by atoms with Gasteiger partial charge in [-0.1, -0.05) is 61.6 Å². The van der Waals surface area contributed by atoms with Crippen LogP contribution in [-0.4, -0.2) is 68.9 Å². The summed E-state index contributed by atoms with van der Waals surface area (Å²) in [6.45, 7) is 7.30. The van der Waals surface area contributed by atoms with Gasteiger partial charge < -0.3 is 9.64 Å². The van der Waals surface area contributed by atoms with Crippen LogP contribution in [0.15, 0.2) is 77.7 Å². The Hall–Kier alpha value is -3.31. The van der Waals surface area contributed by atoms with E-state index >= 15 is 0 Å². The monoisotopic (exact) mass is 566 g/mol. The van der Waals surface area contributed by atoms with Crippen molar-refractivity contribution in [2.75, 3.05) is 45.2 Å². The standard InChI is InChI=1S/C29H34N4O4S2/c1-5-32(6-2)19-20-33(29-30-27-25(37-4)13-10-14-26(27)38-29)28(34)23-15-17-24(18-16-23)39(35,36)31(3)21-22-11-8-7-9-12-22/h7-18H,5-6,19-21H2,1-4H3. The molecule has 0 aliphatic carbocycles. The summed E-state index contributed by atoms with van der Waals surface area (Å²) in [4.78, 5) is 22.6. The second-order valence-electron chi connectivity index (χ2n) is 9.06. The molecule has 39 heavy (non-hydrogen) atoms. The average Bonchev–Trinajstić information content (AvgIpc) is 3.40.